The molecule has 4 unspecified atom stereocenters. The molecule has 2 aromatic carbocycles. The third-order valence-electron chi connectivity index (χ3n) is 5.30. The molecule has 4 atom stereocenters. The van der Waals surface area contributed by atoms with Crippen LogP contribution < -0.4 is 4.72 Å². The van der Waals surface area contributed by atoms with Crippen LogP contribution in [0.5, 0.6) is 0 Å². The summed E-state index contributed by atoms with van der Waals surface area (Å²) in [6.45, 7) is 3.90. The summed E-state index contributed by atoms with van der Waals surface area (Å²) in [5, 5.41) is -1.49. The van der Waals surface area contributed by atoms with Crippen molar-refractivity contribution < 1.29 is 13.2 Å². The van der Waals surface area contributed by atoms with Gasteiger partial charge in [-0.2, -0.15) is 0 Å². The monoisotopic (exact) mass is 426 g/mol. The molecule has 1 heterocycles. The van der Waals surface area contributed by atoms with Crippen LogP contribution >= 0.6 is 21.2 Å². The lowest BCUT2D eigenvalue weighted by Crippen LogP contribution is -2.46. The van der Waals surface area contributed by atoms with Crippen LogP contribution in [0, 0.1) is 18.6 Å². The van der Waals surface area contributed by atoms with Gasteiger partial charge in [-0.1, -0.05) is 64.5 Å². The zero-order valence-corrected chi connectivity index (χ0v) is 18.3. The van der Waals surface area contributed by atoms with Crippen LogP contribution in [-0.4, -0.2) is 41.7 Å². The molecule has 1 aliphatic heterocycles. The minimum absolute atomic E-state index is 0.214. The Balaban J connectivity index is 1.93. The normalized spacial score (nSPS) is 25.4. The number of hydrogen-bond donors (Lipinski definition) is 1. The summed E-state index contributed by atoms with van der Waals surface area (Å²) in [6.07, 6.45) is 0.339. The molecule has 1 fully saturated rings. The third kappa shape index (κ3) is 4.25. The van der Waals surface area contributed by atoms with E-state index in [0.29, 0.717) is 17.5 Å². The van der Waals surface area contributed by atoms with Crippen molar-refractivity contribution in [3.05, 3.63) is 59.2 Å². The predicted octanol–water partition coefficient (Wildman–Crippen LogP) is 4.96. The van der Waals surface area contributed by atoms with Crippen LogP contribution in [0.4, 0.5) is 13.2 Å². The van der Waals surface area contributed by atoms with E-state index in [9.17, 15) is 4.39 Å². The first-order chi connectivity index (χ1) is 13.3. The molecule has 1 N–H and O–H groups in total. The lowest BCUT2D eigenvalue weighted by Gasteiger charge is -2.28. The molecular weight excluding hydrogens is 400 g/mol. The molecule has 0 radical (unpaired) electrons. The van der Waals surface area contributed by atoms with E-state index in [2.05, 4.69) is 14.0 Å². The SMILES string of the molecule is CCSNC1C(Cc2cccc(-c3cccc(C)c3F)c2F)N(C)CC1(F)P. The summed E-state index contributed by atoms with van der Waals surface area (Å²) in [5.74, 6) is -0.0463. The van der Waals surface area contributed by atoms with Gasteiger partial charge in [0.1, 0.15) is 11.6 Å². The molecule has 0 amide bonds. The molecule has 0 aliphatic carbocycles. The maximum atomic E-state index is 15.3. The first-order valence-electron chi connectivity index (χ1n) is 9.34. The first-order valence-corrected chi connectivity index (χ1v) is 10.9. The van der Waals surface area contributed by atoms with Crippen molar-refractivity contribution in [2.45, 2.75) is 37.8 Å². The number of likely N-dealkylation sites (N-methyl/N-ethyl adjacent to an activating group) is 1. The number of hydrogen-bond acceptors (Lipinski definition) is 3. The van der Waals surface area contributed by atoms with E-state index >= 15 is 8.78 Å². The Morgan fingerprint density at radius 3 is 2.50 bits per heavy atom. The van der Waals surface area contributed by atoms with E-state index in [1.165, 1.54) is 11.9 Å². The van der Waals surface area contributed by atoms with Gasteiger partial charge in [0.2, 0.25) is 0 Å². The minimum atomic E-state index is -1.49. The first kappa shape index (κ1) is 21.6. The second-order valence-corrected chi connectivity index (χ2v) is 9.42. The van der Waals surface area contributed by atoms with Crippen molar-refractivity contribution in [1.29, 1.82) is 0 Å². The van der Waals surface area contributed by atoms with Gasteiger partial charge >= 0.3 is 0 Å². The quantitative estimate of drug-likeness (QED) is 0.519. The van der Waals surface area contributed by atoms with Crippen molar-refractivity contribution in [3.63, 3.8) is 0 Å². The van der Waals surface area contributed by atoms with Crippen molar-refractivity contribution in [1.82, 2.24) is 9.62 Å². The Kier molecular flexibility index (Phi) is 6.76. The molecule has 28 heavy (non-hydrogen) atoms. The summed E-state index contributed by atoms with van der Waals surface area (Å²) < 4.78 is 48.1. The summed E-state index contributed by atoms with van der Waals surface area (Å²) in [4.78, 5) is 1.92. The highest BCUT2D eigenvalue weighted by atomic mass is 32.2. The zero-order valence-electron chi connectivity index (χ0n) is 16.3. The zero-order chi connectivity index (χ0) is 20.5. The maximum Gasteiger partial charge on any atom is 0.153 e. The topological polar surface area (TPSA) is 15.3 Å². The Morgan fingerprint density at radius 1 is 1.18 bits per heavy atom. The summed E-state index contributed by atoms with van der Waals surface area (Å²) in [5.41, 5.74) is 1.43. The van der Waals surface area contributed by atoms with Gasteiger partial charge in [0.15, 0.2) is 5.41 Å². The second kappa shape index (κ2) is 8.74. The van der Waals surface area contributed by atoms with Gasteiger partial charge in [-0.05, 0) is 31.5 Å². The van der Waals surface area contributed by atoms with Gasteiger partial charge in [0.25, 0.3) is 0 Å². The van der Waals surface area contributed by atoms with Crippen molar-refractivity contribution in [2.75, 3.05) is 19.3 Å². The largest absolute Gasteiger partial charge is 0.298 e. The fraction of sp³-hybridized carbons (Fsp3) is 0.429. The summed E-state index contributed by atoms with van der Waals surface area (Å²) in [6, 6.07) is 9.33. The smallest absolute Gasteiger partial charge is 0.153 e. The molecule has 3 rings (SSSR count). The molecule has 1 aliphatic rings. The van der Waals surface area contributed by atoms with Crippen LogP contribution in [0.1, 0.15) is 18.1 Å². The van der Waals surface area contributed by atoms with Gasteiger partial charge in [-0.25, -0.2) is 13.2 Å². The van der Waals surface area contributed by atoms with Crippen molar-refractivity contribution >= 4 is 21.2 Å². The number of nitrogens with zero attached hydrogens (tertiary/aromatic N) is 1. The van der Waals surface area contributed by atoms with Crippen LogP contribution in [0.15, 0.2) is 36.4 Å². The van der Waals surface area contributed by atoms with E-state index in [0.717, 1.165) is 5.75 Å². The van der Waals surface area contributed by atoms with E-state index in [4.69, 9.17) is 0 Å². The molecule has 7 heteroatoms. The summed E-state index contributed by atoms with van der Waals surface area (Å²) >= 11 is 1.46. The van der Waals surface area contributed by atoms with Crippen molar-refractivity contribution in [3.8, 4) is 11.1 Å². The Morgan fingerprint density at radius 2 is 1.82 bits per heavy atom. The van der Waals surface area contributed by atoms with Gasteiger partial charge in [-0.15, -0.1) is 0 Å². The van der Waals surface area contributed by atoms with Crippen LogP contribution in [0.3, 0.4) is 0 Å². The standard InChI is InChI=1S/C21H26F3N2PS/c1-4-28-25-20-17(26(3)12-21(20,24)27)11-14-8-6-10-16(19(14)23)15-9-5-7-13(2)18(15)22/h5-10,17,20,25H,4,11-12,27H2,1-3H3. The number of alkyl halides is 1. The van der Waals surface area contributed by atoms with E-state index in [1.807, 2.05) is 18.9 Å². The van der Waals surface area contributed by atoms with Crippen LogP contribution in [-0.2, 0) is 6.42 Å². The molecule has 2 aromatic rings. The van der Waals surface area contributed by atoms with Crippen molar-refractivity contribution in [2.24, 2.45) is 0 Å². The fourth-order valence-electron chi connectivity index (χ4n) is 3.82. The minimum Gasteiger partial charge on any atom is -0.298 e. The lowest BCUT2D eigenvalue weighted by molar-refractivity contribution is 0.263. The van der Waals surface area contributed by atoms with E-state index in [-0.39, 0.29) is 23.7 Å². The number of benzene rings is 2. The third-order valence-corrected chi connectivity index (χ3v) is 6.56. The van der Waals surface area contributed by atoms with Crippen LogP contribution in [0.2, 0.25) is 0 Å². The average molecular weight is 426 g/mol. The molecule has 0 aromatic heterocycles. The highest BCUT2D eigenvalue weighted by Gasteiger charge is 2.49. The number of rotatable bonds is 6. The van der Waals surface area contributed by atoms with Gasteiger partial charge in [0, 0.05) is 29.5 Å². The molecular formula is C21H26F3N2PS. The van der Waals surface area contributed by atoms with E-state index < -0.39 is 23.1 Å². The fourth-order valence-corrected chi connectivity index (χ4v) is 5.24. The van der Waals surface area contributed by atoms with Gasteiger partial charge in [0.05, 0.1) is 6.04 Å². The number of halogens is 3. The van der Waals surface area contributed by atoms with Crippen LogP contribution in [0.25, 0.3) is 11.1 Å². The Labute approximate surface area is 171 Å². The number of nitrogens with one attached hydrogen (secondary N) is 1. The average Bonchev–Trinajstić information content (AvgIpc) is 2.85. The molecule has 0 bridgehead atoms. The maximum absolute atomic E-state index is 15.3. The molecule has 2 nitrogen and oxygen atoms in total. The lowest BCUT2D eigenvalue weighted by atomic mass is 9.95. The molecule has 0 saturated carbocycles. The molecule has 0 spiro atoms. The second-order valence-electron chi connectivity index (χ2n) is 7.36. The van der Waals surface area contributed by atoms with Gasteiger partial charge in [-0.3, -0.25) is 9.62 Å². The molecule has 1 saturated heterocycles. The Bertz CT molecular complexity index is 846. The number of aryl methyl sites for hydroxylation is 1. The summed E-state index contributed by atoms with van der Waals surface area (Å²) in [7, 11) is 4.15. The van der Waals surface area contributed by atoms with E-state index in [1.54, 1.807) is 43.3 Å². The van der Waals surface area contributed by atoms with Gasteiger partial charge < -0.3 is 0 Å². The predicted molar refractivity (Wildman–Crippen MR) is 115 cm³/mol. The Hall–Kier alpha value is -1.07. The number of likely N-dealkylation sites (tertiary alicyclic amines) is 1. The molecule has 152 valence electrons. The highest BCUT2D eigenvalue weighted by Crippen LogP contribution is 2.39. The highest BCUT2D eigenvalue weighted by molar-refractivity contribution is 7.97.